The van der Waals surface area contributed by atoms with E-state index in [4.69, 9.17) is 0 Å². The Kier molecular flexibility index (Phi) is 7.97. The number of rotatable bonds is 10. The molecule has 0 saturated carbocycles. The van der Waals surface area contributed by atoms with Gasteiger partial charge in [-0.15, -0.1) is 0 Å². The van der Waals surface area contributed by atoms with Crippen molar-refractivity contribution in [2.75, 3.05) is 11.5 Å². The highest BCUT2D eigenvalue weighted by molar-refractivity contribution is 8.26. The van der Waals surface area contributed by atoms with Crippen LogP contribution >= 0.6 is 35.3 Å². The first kappa shape index (κ1) is 23.1. The van der Waals surface area contributed by atoms with Crippen LogP contribution in [0.2, 0.25) is 0 Å². The fourth-order valence-electron chi connectivity index (χ4n) is 4.74. The molecule has 0 aromatic carbocycles. The number of hydrogen-bond donors (Lipinski definition) is 4. The van der Waals surface area contributed by atoms with Gasteiger partial charge in [-0.3, -0.25) is 9.59 Å². The van der Waals surface area contributed by atoms with E-state index in [1.165, 1.54) is 0 Å². The molecular formula is C20H30N4O4S3. The molecule has 0 aromatic rings. The van der Waals surface area contributed by atoms with Crippen molar-refractivity contribution in [3.05, 3.63) is 0 Å². The summed E-state index contributed by atoms with van der Waals surface area (Å²) in [5, 5.41) is 12.6. The van der Waals surface area contributed by atoms with Crippen LogP contribution in [0.15, 0.2) is 0 Å². The molecular weight excluding hydrogens is 456 g/mol. The van der Waals surface area contributed by atoms with E-state index in [0.29, 0.717) is 23.3 Å². The molecule has 0 aromatic heterocycles. The average molecular weight is 487 g/mol. The molecule has 4 heterocycles. The van der Waals surface area contributed by atoms with E-state index >= 15 is 0 Å². The highest BCUT2D eigenvalue weighted by atomic mass is 32.2. The molecule has 4 aliphatic rings. The van der Waals surface area contributed by atoms with E-state index < -0.39 is 0 Å². The van der Waals surface area contributed by atoms with Gasteiger partial charge in [0.25, 0.3) is 0 Å². The molecule has 4 saturated heterocycles. The van der Waals surface area contributed by atoms with Crippen LogP contribution < -0.4 is 21.3 Å². The Bertz CT molecular complexity index is 667. The number of unbranched alkanes of at least 4 members (excludes halogenated alkanes) is 2. The van der Waals surface area contributed by atoms with Gasteiger partial charge >= 0.3 is 12.1 Å². The number of fused-ring (bicyclic) bond motifs is 2. The van der Waals surface area contributed by atoms with Crippen molar-refractivity contribution in [3.8, 4) is 0 Å². The second-order valence-corrected chi connectivity index (χ2v) is 12.2. The van der Waals surface area contributed by atoms with Gasteiger partial charge in [-0.25, -0.2) is 9.59 Å². The van der Waals surface area contributed by atoms with Gasteiger partial charge in [0, 0.05) is 34.8 Å². The van der Waals surface area contributed by atoms with Crippen molar-refractivity contribution in [2.24, 2.45) is 0 Å². The zero-order chi connectivity index (χ0) is 21.8. The fourth-order valence-corrected chi connectivity index (χ4v) is 8.58. The summed E-state index contributed by atoms with van der Waals surface area (Å²) in [4.78, 5) is 47.0. The Hall–Kier alpha value is -1.07. The molecule has 31 heavy (non-hydrogen) atoms. The number of carbonyl (C=O) groups excluding carboxylic acids is 4. The summed E-state index contributed by atoms with van der Waals surface area (Å²) < 4.78 is 0. The summed E-state index contributed by atoms with van der Waals surface area (Å²) in [6.45, 7) is 0. The monoisotopic (exact) mass is 486 g/mol. The number of thioether (sulfide) groups is 3. The number of urea groups is 2. The Balaban J connectivity index is 1.02. The quantitative estimate of drug-likeness (QED) is 0.276. The molecule has 4 aliphatic heterocycles. The lowest BCUT2D eigenvalue weighted by molar-refractivity contribution is -0.113. The summed E-state index contributed by atoms with van der Waals surface area (Å²) in [7, 11) is 0. The zero-order valence-corrected chi connectivity index (χ0v) is 19.8. The van der Waals surface area contributed by atoms with Crippen molar-refractivity contribution >= 4 is 57.6 Å². The van der Waals surface area contributed by atoms with Crippen LogP contribution in [0, 0.1) is 0 Å². The maximum atomic E-state index is 12.1. The first-order chi connectivity index (χ1) is 15.0. The minimum atomic E-state index is -0.0705. The molecule has 6 atom stereocenters. The van der Waals surface area contributed by atoms with Gasteiger partial charge in [0.05, 0.1) is 24.2 Å². The van der Waals surface area contributed by atoms with Crippen molar-refractivity contribution in [2.45, 2.75) is 86.0 Å². The summed E-state index contributed by atoms with van der Waals surface area (Å²) in [6.07, 6.45) is 6.27. The lowest BCUT2D eigenvalue weighted by Gasteiger charge is -2.16. The third kappa shape index (κ3) is 6.04. The van der Waals surface area contributed by atoms with Crippen LogP contribution in [0.5, 0.6) is 0 Å². The second-order valence-electron chi connectivity index (χ2n) is 8.58. The van der Waals surface area contributed by atoms with Gasteiger partial charge in [0.2, 0.25) is 0 Å². The molecule has 4 N–H and O–H groups in total. The third-order valence-corrected chi connectivity index (χ3v) is 10.2. The molecule has 0 unspecified atom stereocenters. The molecule has 4 amide bonds. The molecule has 4 rings (SSSR count). The minimum absolute atomic E-state index is 0.0354. The predicted octanol–water partition coefficient (Wildman–Crippen LogP) is 2.22. The van der Waals surface area contributed by atoms with Gasteiger partial charge < -0.3 is 21.3 Å². The summed E-state index contributed by atoms with van der Waals surface area (Å²) >= 11 is 4.64. The normalized spacial score (nSPS) is 33.3. The lowest BCUT2D eigenvalue weighted by atomic mass is 10.0. The summed E-state index contributed by atoms with van der Waals surface area (Å²) in [5.41, 5.74) is 0. The standard InChI is InChI=1S/C20H30N4O4S3/c25-15(7-3-1-5-13-17-11(9-29-13)21-19(27)23-17)31-16(26)8-4-2-6-14-18-12(10-30-14)22-20(28)24-18/h11-14,17-18H,1-10H2,(H2,21,23,27)(H2,22,24,28)/t11-,12-,13-,14-,17-,18-/m0/s1. The third-order valence-electron chi connectivity index (χ3n) is 6.34. The topological polar surface area (TPSA) is 116 Å². The van der Waals surface area contributed by atoms with Crippen molar-refractivity contribution in [3.63, 3.8) is 0 Å². The van der Waals surface area contributed by atoms with Crippen LogP contribution in [0.4, 0.5) is 9.59 Å². The number of hydrogen-bond acceptors (Lipinski definition) is 7. The largest absolute Gasteiger partial charge is 0.332 e. The van der Waals surface area contributed by atoms with Crippen molar-refractivity contribution < 1.29 is 19.2 Å². The second kappa shape index (κ2) is 10.7. The molecule has 0 bridgehead atoms. The van der Waals surface area contributed by atoms with Gasteiger partial charge in [-0.2, -0.15) is 23.5 Å². The molecule has 0 spiro atoms. The van der Waals surface area contributed by atoms with Crippen molar-refractivity contribution in [1.82, 2.24) is 21.3 Å². The van der Waals surface area contributed by atoms with Gasteiger partial charge in [-0.1, -0.05) is 12.8 Å². The number of amides is 4. The van der Waals surface area contributed by atoms with Crippen LogP contribution in [0.25, 0.3) is 0 Å². The van der Waals surface area contributed by atoms with Crippen LogP contribution in [-0.2, 0) is 9.59 Å². The Morgan fingerprint density at radius 3 is 1.65 bits per heavy atom. The molecule has 0 radical (unpaired) electrons. The Labute approximate surface area is 195 Å². The van der Waals surface area contributed by atoms with E-state index in [-0.39, 0.29) is 46.5 Å². The zero-order valence-electron chi connectivity index (χ0n) is 17.4. The van der Waals surface area contributed by atoms with Gasteiger partial charge in [0.1, 0.15) is 0 Å². The highest BCUT2D eigenvalue weighted by Crippen LogP contribution is 2.34. The number of carbonyl (C=O) groups is 4. The Morgan fingerprint density at radius 1 is 0.742 bits per heavy atom. The smallest absolute Gasteiger partial charge is 0.315 e. The summed E-state index contributed by atoms with van der Waals surface area (Å²) in [5.74, 6) is 1.90. The summed E-state index contributed by atoms with van der Waals surface area (Å²) in [6, 6.07) is 0.745. The van der Waals surface area contributed by atoms with Crippen molar-refractivity contribution in [1.29, 1.82) is 0 Å². The molecule has 0 aliphatic carbocycles. The van der Waals surface area contributed by atoms with Crippen LogP contribution in [0.1, 0.15) is 51.4 Å². The van der Waals surface area contributed by atoms with E-state index in [1.54, 1.807) is 0 Å². The molecule has 8 nitrogen and oxygen atoms in total. The van der Waals surface area contributed by atoms with E-state index in [0.717, 1.165) is 61.8 Å². The number of nitrogens with one attached hydrogen (secondary N) is 4. The molecule has 172 valence electrons. The SMILES string of the molecule is O=C1N[C@H]2[C@H](CS[C@H]2CCCCC(=O)SC(=O)CCCC[C@@H]2SC[C@@H]3NC(=O)N[C@@H]32)N1. The fraction of sp³-hybridized carbons (Fsp3) is 0.800. The molecule has 11 heteroatoms. The maximum Gasteiger partial charge on any atom is 0.315 e. The van der Waals surface area contributed by atoms with E-state index in [2.05, 4.69) is 21.3 Å². The lowest BCUT2D eigenvalue weighted by Crippen LogP contribution is -2.36. The average Bonchev–Trinajstić information content (AvgIpc) is 3.45. The Morgan fingerprint density at radius 2 is 1.19 bits per heavy atom. The van der Waals surface area contributed by atoms with E-state index in [9.17, 15) is 19.2 Å². The minimum Gasteiger partial charge on any atom is -0.332 e. The highest BCUT2D eigenvalue weighted by Gasteiger charge is 2.43. The van der Waals surface area contributed by atoms with E-state index in [1.807, 2.05) is 23.5 Å². The first-order valence-electron chi connectivity index (χ1n) is 11.1. The van der Waals surface area contributed by atoms with Gasteiger partial charge in [-0.05, 0) is 37.4 Å². The predicted molar refractivity (Wildman–Crippen MR) is 126 cm³/mol. The van der Waals surface area contributed by atoms with Crippen LogP contribution in [-0.4, -0.2) is 68.5 Å². The maximum absolute atomic E-state index is 12.1. The molecule has 4 fully saturated rings. The van der Waals surface area contributed by atoms with Crippen LogP contribution in [0.3, 0.4) is 0 Å². The first-order valence-corrected chi connectivity index (χ1v) is 14.0. The van der Waals surface area contributed by atoms with Gasteiger partial charge in [0.15, 0.2) is 10.2 Å².